The van der Waals surface area contributed by atoms with Gasteiger partial charge in [-0.25, -0.2) is 14.6 Å². The highest BCUT2D eigenvalue weighted by atomic mass is 16.6. The molecule has 1 heterocycles. The van der Waals surface area contributed by atoms with Crippen LogP contribution in [0.15, 0.2) is 12.3 Å². The van der Waals surface area contributed by atoms with Crippen molar-refractivity contribution >= 4 is 18.0 Å². The van der Waals surface area contributed by atoms with Crippen molar-refractivity contribution in [1.29, 1.82) is 0 Å². The zero-order chi connectivity index (χ0) is 13.7. The molecule has 0 fully saturated rings. The van der Waals surface area contributed by atoms with Crippen LogP contribution in [0.1, 0.15) is 10.4 Å². The van der Waals surface area contributed by atoms with E-state index in [0.717, 1.165) is 12.3 Å². The Morgan fingerprint density at radius 2 is 2.00 bits per heavy atom. The van der Waals surface area contributed by atoms with Crippen LogP contribution in [0.3, 0.4) is 0 Å². The minimum Gasteiger partial charge on any atom is -0.503 e. The molecule has 0 saturated carbocycles. The molecule has 9 heteroatoms. The SMILES string of the molecule is O=C(O)CNC(=O)Oc1ncc(C(=O)O)cc1O. The third-order valence-corrected chi connectivity index (χ3v) is 1.65. The maximum atomic E-state index is 11.0. The minimum absolute atomic E-state index is 0.286. The number of nitrogens with zero attached hydrogens (tertiary/aromatic N) is 1. The van der Waals surface area contributed by atoms with Crippen LogP contribution in [-0.4, -0.2) is 44.9 Å². The third kappa shape index (κ3) is 3.63. The average Bonchev–Trinajstić information content (AvgIpc) is 2.29. The van der Waals surface area contributed by atoms with E-state index in [1.807, 2.05) is 5.32 Å². The number of carboxylic acid groups (broad SMARTS) is 2. The summed E-state index contributed by atoms with van der Waals surface area (Å²) in [6, 6.07) is 0.842. The quantitative estimate of drug-likeness (QED) is 0.572. The number of aliphatic carboxylic acids is 1. The van der Waals surface area contributed by atoms with Crippen molar-refractivity contribution in [1.82, 2.24) is 10.3 Å². The lowest BCUT2D eigenvalue weighted by atomic mass is 10.3. The second kappa shape index (κ2) is 5.48. The fourth-order valence-corrected chi connectivity index (χ4v) is 0.908. The maximum Gasteiger partial charge on any atom is 0.414 e. The fourth-order valence-electron chi connectivity index (χ4n) is 0.908. The summed E-state index contributed by atoms with van der Waals surface area (Å²) in [6.07, 6.45) is -0.259. The van der Waals surface area contributed by atoms with Crippen LogP contribution < -0.4 is 10.1 Å². The monoisotopic (exact) mass is 256 g/mol. The van der Waals surface area contributed by atoms with Gasteiger partial charge in [-0.05, 0) is 0 Å². The Morgan fingerprint density at radius 3 is 2.50 bits per heavy atom. The highest BCUT2D eigenvalue weighted by Crippen LogP contribution is 2.23. The molecule has 4 N–H and O–H groups in total. The van der Waals surface area contributed by atoms with Gasteiger partial charge in [-0.3, -0.25) is 4.79 Å². The van der Waals surface area contributed by atoms with Crippen molar-refractivity contribution in [3.05, 3.63) is 17.8 Å². The number of pyridine rings is 1. The molecule has 0 aromatic carbocycles. The summed E-state index contributed by atoms with van der Waals surface area (Å²) in [5, 5.41) is 28.1. The number of amides is 1. The van der Waals surface area contributed by atoms with Crippen LogP contribution in [-0.2, 0) is 4.79 Å². The molecule has 1 aromatic rings. The standard InChI is InChI=1S/C9H8N2O7/c12-5-1-4(8(15)16)2-10-7(5)18-9(17)11-3-6(13)14/h1-2,12H,3H2,(H,11,17)(H,13,14)(H,15,16). The van der Waals surface area contributed by atoms with Crippen molar-refractivity contribution < 1.29 is 34.4 Å². The molecule has 1 amide bonds. The first-order valence-electron chi connectivity index (χ1n) is 4.50. The van der Waals surface area contributed by atoms with E-state index < -0.39 is 36.2 Å². The van der Waals surface area contributed by atoms with Crippen molar-refractivity contribution in [2.75, 3.05) is 6.54 Å². The van der Waals surface area contributed by atoms with Gasteiger partial charge < -0.3 is 25.4 Å². The maximum absolute atomic E-state index is 11.0. The molecule has 1 aromatic heterocycles. The predicted octanol–water partition coefficient (Wildman–Crippen LogP) is -0.342. The molecule has 0 aliphatic rings. The summed E-state index contributed by atoms with van der Waals surface area (Å²) in [4.78, 5) is 35.1. The lowest BCUT2D eigenvalue weighted by molar-refractivity contribution is -0.135. The number of nitrogens with one attached hydrogen (secondary N) is 1. The molecule has 0 bridgehead atoms. The van der Waals surface area contributed by atoms with Gasteiger partial charge in [-0.15, -0.1) is 0 Å². The van der Waals surface area contributed by atoms with Crippen molar-refractivity contribution in [2.24, 2.45) is 0 Å². The molecule has 0 spiro atoms. The molecular weight excluding hydrogens is 248 g/mol. The number of hydrogen-bond donors (Lipinski definition) is 4. The van der Waals surface area contributed by atoms with Gasteiger partial charge in [0.25, 0.3) is 5.88 Å². The number of aromatic hydroxyl groups is 1. The molecule has 0 unspecified atom stereocenters. The van der Waals surface area contributed by atoms with E-state index in [4.69, 9.17) is 10.2 Å². The molecule has 0 saturated heterocycles. The highest BCUT2D eigenvalue weighted by molar-refractivity contribution is 5.88. The number of hydrogen-bond acceptors (Lipinski definition) is 6. The van der Waals surface area contributed by atoms with E-state index >= 15 is 0 Å². The number of ether oxygens (including phenoxy) is 1. The first-order chi connectivity index (χ1) is 8.40. The number of carboxylic acids is 2. The van der Waals surface area contributed by atoms with E-state index in [0.29, 0.717) is 0 Å². The number of carbonyl (C=O) groups excluding carboxylic acids is 1. The minimum atomic E-state index is -1.31. The van der Waals surface area contributed by atoms with Gasteiger partial charge >= 0.3 is 18.0 Å². The van der Waals surface area contributed by atoms with Gasteiger partial charge in [-0.1, -0.05) is 0 Å². The Bertz CT molecular complexity index is 500. The van der Waals surface area contributed by atoms with Gasteiger partial charge in [0, 0.05) is 12.3 Å². The van der Waals surface area contributed by atoms with Crippen LogP contribution in [0, 0.1) is 0 Å². The Kier molecular flexibility index (Phi) is 4.02. The molecule has 96 valence electrons. The van der Waals surface area contributed by atoms with Gasteiger partial charge in [0.2, 0.25) is 0 Å². The fraction of sp³-hybridized carbons (Fsp3) is 0.111. The normalized spacial score (nSPS) is 9.56. The summed E-state index contributed by atoms with van der Waals surface area (Å²) in [5.41, 5.74) is -0.286. The van der Waals surface area contributed by atoms with Gasteiger partial charge in [0.1, 0.15) is 6.54 Å². The van der Waals surface area contributed by atoms with E-state index in [2.05, 4.69) is 9.72 Å². The highest BCUT2D eigenvalue weighted by Gasteiger charge is 2.13. The molecule has 0 aliphatic heterocycles. The van der Waals surface area contributed by atoms with E-state index in [9.17, 15) is 19.5 Å². The lowest BCUT2D eigenvalue weighted by Gasteiger charge is -2.05. The zero-order valence-electron chi connectivity index (χ0n) is 8.78. The smallest absolute Gasteiger partial charge is 0.414 e. The zero-order valence-corrected chi connectivity index (χ0v) is 8.78. The summed E-state index contributed by atoms with van der Waals surface area (Å²) >= 11 is 0. The number of carbonyl (C=O) groups is 3. The van der Waals surface area contributed by atoms with Crippen LogP contribution in [0.5, 0.6) is 11.6 Å². The summed E-state index contributed by atoms with van der Waals surface area (Å²) < 4.78 is 4.46. The topological polar surface area (TPSA) is 146 Å². The number of aromatic carboxylic acids is 1. The molecule has 0 aliphatic carbocycles. The predicted molar refractivity (Wildman–Crippen MR) is 54.5 cm³/mol. The average molecular weight is 256 g/mol. The Labute approximate surface area is 99.6 Å². The Hall–Kier alpha value is -2.84. The van der Waals surface area contributed by atoms with Crippen LogP contribution in [0.2, 0.25) is 0 Å². The van der Waals surface area contributed by atoms with Crippen molar-refractivity contribution in [3.63, 3.8) is 0 Å². The lowest BCUT2D eigenvalue weighted by Crippen LogP contribution is -2.31. The van der Waals surface area contributed by atoms with E-state index in [1.165, 1.54) is 0 Å². The van der Waals surface area contributed by atoms with Crippen molar-refractivity contribution in [3.8, 4) is 11.6 Å². The Balaban J connectivity index is 2.70. The second-order valence-electron chi connectivity index (χ2n) is 2.99. The third-order valence-electron chi connectivity index (χ3n) is 1.65. The van der Waals surface area contributed by atoms with Crippen LogP contribution >= 0.6 is 0 Å². The molecule has 9 nitrogen and oxygen atoms in total. The van der Waals surface area contributed by atoms with Crippen molar-refractivity contribution in [2.45, 2.75) is 0 Å². The van der Waals surface area contributed by atoms with Gasteiger partial charge in [-0.2, -0.15) is 0 Å². The molecule has 0 atom stereocenters. The molecular formula is C9H8N2O7. The number of aromatic nitrogens is 1. The van der Waals surface area contributed by atoms with Crippen LogP contribution in [0.4, 0.5) is 4.79 Å². The summed E-state index contributed by atoms with van der Waals surface area (Å²) in [6.45, 7) is -0.660. The van der Waals surface area contributed by atoms with E-state index in [1.54, 1.807) is 0 Å². The first-order valence-corrected chi connectivity index (χ1v) is 4.50. The van der Waals surface area contributed by atoms with Gasteiger partial charge in [0.15, 0.2) is 5.75 Å². The van der Waals surface area contributed by atoms with Gasteiger partial charge in [0.05, 0.1) is 5.56 Å². The second-order valence-corrected chi connectivity index (χ2v) is 2.99. The number of rotatable bonds is 4. The first kappa shape index (κ1) is 13.2. The molecule has 1 rings (SSSR count). The largest absolute Gasteiger partial charge is 0.503 e. The Morgan fingerprint density at radius 1 is 1.33 bits per heavy atom. The van der Waals surface area contributed by atoms with E-state index in [-0.39, 0.29) is 5.56 Å². The summed E-state index contributed by atoms with van der Waals surface area (Å²) in [7, 11) is 0. The van der Waals surface area contributed by atoms with Crippen LogP contribution in [0.25, 0.3) is 0 Å². The molecule has 18 heavy (non-hydrogen) atoms. The molecule has 0 radical (unpaired) electrons. The summed E-state index contributed by atoms with van der Waals surface area (Å²) in [5.74, 6) is -3.76.